The molecule has 1 N–H and O–H groups in total. The molecule has 7 heteroatoms. The summed E-state index contributed by atoms with van der Waals surface area (Å²) in [5.74, 6) is -2.53. The van der Waals surface area contributed by atoms with Crippen molar-refractivity contribution < 1.29 is 29.0 Å². The maximum Gasteiger partial charge on any atom is 0.338 e. The molecule has 25 heavy (non-hydrogen) atoms. The lowest BCUT2D eigenvalue weighted by Gasteiger charge is -2.26. The van der Waals surface area contributed by atoms with E-state index in [-0.39, 0.29) is 25.0 Å². The molecule has 4 atom stereocenters. The fourth-order valence-electron chi connectivity index (χ4n) is 3.90. The molecule has 1 aromatic rings. The molecule has 3 aliphatic rings. The summed E-state index contributed by atoms with van der Waals surface area (Å²) < 4.78 is 10.6. The van der Waals surface area contributed by atoms with E-state index in [0.717, 1.165) is 4.90 Å². The Bertz CT molecular complexity index is 785. The monoisotopic (exact) mass is 343 g/mol. The fourth-order valence-corrected chi connectivity index (χ4v) is 3.90. The summed E-state index contributed by atoms with van der Waals surface area (Å²) >= 11 is 0. The van der Waals surface area contributed by atoms with Gasteiger partial charge in [0.1, 0.15) is 5.60 Å². The van der Waals surface area contributed by atoms with E-state index in [1.165, 1.54) is 12.1 Å². The van der Waals surface area contributed by atoms with Gasteiger partial charge in [-0.3, -0.25) is 9.59 Å². The van der Waals surface area contributed by atoms with Crippen molar-refractivity contribution >= 4 is 23.5 Å². The van der Waals surface area contributed by atoms with E-state index >= 15 is 0 Å². The number of rotatable bonds is 4. The van der Waals surface area contributed by atoms with Gasteiger partial charge in [-0.2, -0.15) is 0 Å². The van der Waals surface area contributed by atoms with Crippen LogP contribution in [-0.2, 0) is 19.1 Å². The summed E-state index contributed by atoms with van der Waals surface area (Å²) in [6.07, 6.45) is 2.92. The third kappa shape index (κ3) is 2.09. The second-order valence-electron chi connectivity index (χ2n) is 6.34. The first-order chi connectivity index (χ1) is 12.0. The zero-order valence-electron chi connectivity index (χ0n) is 13.5. The summed E-state index contributed by atoms with van der Waals surface area (Å²) in [6, 6.07) is 6.14. The molecule has 0 aliphatic carbocycles. The molecule has 2 fully saturated rings. The van der Waals surface area contributed by atoms with Crippen LogP contribution in [0.15, 0.2) is 36.4 Å². The Labute approximate surface area is 143 Å². The van der Waals surface area contributed by atoms with Crippen LogP contribution in [0.3, 0.4) is 0 Å². The van der Waals surface area contributed by atoms with Crippen molar-refractivity contribution in [3.8, 4) is 0 Å². The second kappa shape index (κ2) is 5.50. The number of benzene rings is 1. The van der Waals surface area contributed by atoms with Gasteiger partial charge in [-0.1, -0.05) is 12.2 Å². The Kier molecular flexibility index (Phi) is 3.52. The number of fused-ring (bicyclic) bond motifs is 5. The van der Waals surface area contributed by atoms with Crippen molar-refractivity contribution in [1.29, 1.82) is 0 Å². The van der Waals surface area contributed by atoms with Crippen LogP contribution in [-0.4, -0.2) is 47.8 Å². The summed E-state index contributed by atoms with van der Waals surface area (Å²) in [6.45, 7) is 1.63. The van der Waals surface area contributed by atoms with Gasteiger partial charge in [-0.25, -0.2) is 9.69 Å². The smallest absolute Gasteiger partial charge is 0.338 e. The standard InChI is InChI=1S/C18H17NO6/c1-2-24-17(23)10-3-5-11(6-4-10)19-15(21)13-12-7-8-18(9-20,25-12)14(13)16(19)22/h3-8,12-14,20H,2,9H2,1H3/t12-,13+,14-,18-/m0/s1. The molecule has 3 heterocycles. The number of amides is 2. The molecule has 4 rings (SSSR count). The molecule has 0 radical (unpaired) electrons. The highest BCUT2D eigenvalue weighted by atomic mass is 16.5. The van der Waals surface area contributed by atoms with Crippen LogP contribution in [0.5, 0.6) is 0 Å². The number of carbonyl (C=O) groups excluding carboxylic acids is 3. The van der Waals surface area contributed by atoms with Crippen molar-refractivity contribution in [3.63, 3.8) is 0 Å². The summed E-state index contributed by atoms with van der Waals surface area (Å²) in [4.78, 5) is 38.5. The van der Waals surface area contributed by atoms with Crippen LogP contribution in [0.2, 0.25) is 0 Å². The lowest BCUT2D eigenvalue weighted by atomic mass is 9.77. The third-order valence-electron chi connectivity index (χ3n) is 5.04. The summed E-state index contributed by atoms with van der Waals surface area (Å²) in [7, 11) is 0. The van der Waals surface area contributed by atoms with Crippen molar-refractivity contribution in [3.05, 3.63) is 42.0 Å². The van der Waals surface area contributed by atoms with E-state index in [4.69, 9.17) is 9.47 Å². The lowest BCUT2D eigenvalue weighted by molar-refractivity contribution is -0.128. The predicted molar refractivity (Wildman–Crippen MR) is 85.7 cm³/mol. The third-order valence-corrected chi connectivity index (χ3v) is 5.04. The van der Waals surface area contributed by atoms with Gasteiger partial charge in [0.15, 0.2) is 0 Å². The molecule has 130 valence electrons. The quantitative estimate of drug-likeness (QED) is 0.491. The van der Waals surface area contributed by atoms with E-state index in [0.29, 0.717) is 11.3 Å². The minimum Gasteiger partial charge on any atom is -0.462 e. The average Bonchev–Trinajstić information content (AvgIpc) is 3.26. The highest BCUT2D eigenvalue weighted by molar-refractivity contribution is 6.23. The first-order valence-electron chi connectivity index (χ1n) is 8.15. The fraction of sp³-hybridized carbons (Fsp3) is 0.389. The van der Waals surface area contributed by atoms with Crippen LogP contribution < -0.4 is 4.90 Å². The van der Waals surface area contributed by atoms with E-state index in [2.05, 4.69) is 0 Å². The number of ether oxygens (including phenoxy) is 2. The van der Waals surface area contributed by atoms with Gasteiger partial charge in [-0.15, -0.1) is 0 Å². The first kappa shape index (κ1) is 16.0. The summed E-state index contributed by atoms with van der Waals surface area (Å²) in [5.41, 5.74) is -0.367. The first-order valence-corrected chi connectivity index (χ1v) is 8.15. The molecular weight excluding hydrogens is 326 g/mol. The van der Waals surface area contributed by atoms with E-state index in [1.807, 2.05) is 0 Å². The molecule has 2 saturated heterocycles. The van der Waals surface area contributed by atoms with Crippen LogP contribution >= 0.6 is 0 Å². The van der Waals surface area contributed by atoms with E-state index in [1.54, 1.807) is 31.2 Å². The van der Waals surface area contributed by atoms with Gasteiger partial charge in [0, 0.05) is 0 Å². The van der Waals surface area contributed by atoms with Gasteiger partial charge >= 0.3 is 5.97 Å². The minimum absolute atomic E-state index is 0.269. The molecule has 0 aromatic heterocycles. The average molecular weight is 343 g/mol. The number of esters is 1. The Balaban J connectivity index is 1.64. The highest BCUT2D eigenvalue weighted by Gasteiger charge is 2.67. The van der Waals surface area contributed by atoms with E-state index in [9.17, 15) is 19.5 Å². The van der Waals surface area contributed by atoms with Crippen LogP contribution in [0.1, 0.15) is 17.3 Å². The zero-order chi connectivity index (χ0) is 17.8. The Morgan fingerprint density at radius 3 is 2.64 bits per heavy atom. The number of aliphatic hydroxyl groups is 1. The number of nitrogens with zero attached hydrogens (tertiary/aromatic N) is 1. The zero-order valence-corrected chi connectivity index (χ0v) is 13.5. The maximum absolute atomic E-state index is 12.9. The Hall–Kier alpha value is -2.51. The molecular formula is C18H17NO6. The number of hydrogen-bond donors (Lipinski definition) is 1. The molecule has 0 unspecified atom stereocenters. The molecule has 3 aliphatic heterocycles. The maximum atomic E-state index is 12.9. The Morgan fingerprint density at radius 1 is 1.28 bits per heavy atom. The number of hydrogen-bond acceptors (Lipinski definition) is 6. The van der Waals surface area contributed by atoms with Gasteiger partial charge in [-0.05, 0) is 31.2 Å². The lowest BCUT2D eigenvalue weighted by Crippen LogP contribution is -2.43. The minimum atomic E-state index is -1.11. The van der Waals surface area contributed by atoms with Crippen molar-refractivity contribution in [2.75, 3.05) is 18.1 Å². The van der Waals surface area contributed by atoms with Gasteiger partial charge < -0.3 is 14.6 Å². The van der Waals surface area contributed by atoms with Crippen molar-refractivity contribution in [2.45, 2.75) is 18.6 Å². The topological polar surface area (TPSA) is 93.1 Å². The number of imide groups is 1. The normalized spacial score (nSPS) is 32.4. The number of aliphatic hydroxyl groups excluding tert-OH is 1. The SMILES string of the molecule is CCOC(=O)c1ccc(N2C(=O)[C@@H]3[C@@H]4C=C[C@@](CO)(O4)[C@@H]3C2=O)cc1. The van der Waals surface area contributed by atoms with Gasteiger partial charge in [0.25, 0.3) is 0 Å². The van der Waals surface area contributed by atoms with Gasteiger partial charge in [0.05, 0.1) is 42.4 Å². The molecule has 7 nitrogen and oxygen atoms in total. The molecule has 0 saturated carbocycles. The molecule has 2 bridgehead atoms. The number of anilines is 1. The van der Waals surface area contributed by atoms with Crippen molar-refractivity contribution in [2.24, 2.45) is 11.8 Å². The molecule has 0 spiro atoms. The van der Waals surface area contributed by atoms with Crippen LogP contribution in [0.4, 0.5) is 5.69 Å². The summed E-state index contributed by atoms with van der Waals surface area (Å²) in [5, 5.41) is 9.69. The largest absolute Gasteiger partial charge is 0.462 e. The highest BCUT2D eigenvalue weighted by Crippen LogP contribution is 2.52. The van der Waals surface area contributed by atoms with Crippen LogP contribution in [0, 0.1) is 11.8 Å². The van der Waals surface area contributed by atoms with Gasteiger partial charge in [0.2, 0.25) is 11.8 Å². The second-order valence-corrected chi connectivity index (χ2v) is 6.34. The van der Waals surface area contributed by atoms with Crippen molar-refractivity contribution in [1.82, 2.24) is 0 Å². The molecule has 1 aromatic carbocycles. The Morgan fingerprint density at radius 2 is 2.00 bits per heavy atom. The molecule has 2 amide bonds. The van der Waals surface area contributed by atoms with Crippen LogP contribution in [0.25, 0.3) is 0 Å². The van der Waals surface area contributed by atoms with E-state index < -0.39 is 29.5 Å². The number of carbonyl (C=O) groups is 3. The predicted octanol–water partition coefficient (Wildman–Crippen LogP) is 0.669.